The van der Waals surface area contributed by atoms with Crippen LogP contribution in [0, 0.1) is 30.6 Å². The van der Waals surface area contributed by atoms with Crippen molar-refractivity contribution in [3.8, 4) is 22.8 Å². The number of H-pyrrole nitrogens is 2. The number of hydrogen-bond acceptors (Lipinski definition) is 10. The van der Waals surface area contributed by atoms with Crippen molar-refractivity contribution in [1.82, 2.24) is 19.9 Å². The Morgan fingerprint density at radius 1 is 0.537 bits per heavy atom. The first-order valence-corrected chi connectivity index (χ1v) is 11.4. The summed E-state index contributed by atoms with van der Waals surface area (Å²) in [5, 5.41) is 29.5. The number of benzene rings is 4. The molecule has 14 nitrogen and oxygen atoms in total. The Kier molecular flexibility index (Phi) is 12.0. The fourth-order valence-electron chi connectivity index (χ4n) is 3.59. The second kappa shape index (κ2) is 15.4. The van der Waals surface area contributed by atoms with Gasteiger partial charge in [-0.15, -0.1) is 0 Å². The van der Waals surface area contributed by atoms with E-state index < -0.39 is 10.2 Å². The summed E-state index contributed by atoms with van der Waals surface area (Å²) >= 11 is 0. The fraction of sp³-hybridized carbons (Fsp3) is 0. The van der Waals surface area contributed by atoms with Gasteiger partial charge in [-0.3, -0.25) is 0 Å². The van der Waals surface area contributed by atoms with Crippen molar-refractivity contribution in [3.63, 3.8) is 0 Å². The molecule has 0 fully saturated rings. The molecule has 6 aromatic rings. The number of nitrogens with zero attached hydrogens (tertiary/aromatic N) is 4. The summed E-state index contributed by atoms with van der Waals surface area (Å²) in [6.45, 7) is 0. The van der Waals surface area contributed by atoms with Crippen molar-refractivity contribution in [1.29, 1.82) is 0 Å². The summed E-state index contributed by atoms with van der Waals surface area (Å²) in [6, 6.07) is 31.3. The molecule has 204 valence electrons. The Labute approximate surface area is 252 Å². The van der Waals surface area contributed by atoms with E-state index in [1.165, 1.54) is 0 Å². The normalized spacial score (nSPS) is 9.56. The third kappa shape index (κ3) is 9.46. The molecule has 0 amide bonds. The van der Waals surface area contributed by atoms with Crippen LogP contribution in [0.5, 0.6) is 0 Å². The number of anilines is 2. The maximum absolute atomic E-state index is 8.25. The van der Waals surface area contributed by atoms with E-state index >= 15 is 0 Å². The summed E-state index contributed by atoms with van der Waals surface area (Å²) in [5.41, 5.74) is 19.2. The predicted molar refractivity (Wildman–Crippen MR) is 153 cm³/mol. The molecule has 0 bridgehead atoms. The van der Waals surface area contributed by atoms with E-state index in [1.54, 1.807) is 0 Å². The molecule has 4 aromatic carbocycles. The summed E-state index contributed by atoms with van der Waals surface area (Å²) < 4.78 is 0. The van der Waals surface area contributed by atoms with Gasteiger partial charge >= 0.3 is 27.3 Å². The molecule has 0 atom stereocenters. The van der Waals surface area contributed by atoms with Crippen molar-refractivity contribution < 1.29 is 37.5 Å². The Balaban J connectivity index is 0.000000224. The topological polar surface area (TPSA) is 242 Å². The van der Waals surface area contributed by atoms with Crippen molar-refractivity contribution in [2.75, 3.05) is 11.5 Å². The number of fused-ring (bicyclic) bond motifs is 2. The van der Waals surface area contributed by atoms with Gasteiger partial charge in [0.05, 0.1) is 32.2 Å². The summed E-state index contributed by atoms with van der Waals surface area (Å²) in [4.78, 5) is 32.0. The number of hydrogen-bond donors (Lipinski definition) is 4. The monoisotopic (exact) mass is 656 g/mol. The molecular formula is C26H22CdN8O6. The van der Waals surface area contributed by atoms with Gasteiger partial charge in [0.1, 0.15) is 11.6 Å². The van der Waals surface area contributed by atoms with Crippen LogP contribution in [0.1, 0.15) is 0 Å². The van der Waals surface area contributed by atoms with Crippen molar-refractivity contribution in [2.45, 2.75) is 0 Å². The molecule has 0 unspecified atom stereocenters. The van der Waals surface area contributed by atoms with Crippen LogP contribution in [0.3, 0.4) is 0 Å². The quantitative estimate of drug-likeness (QED) is 0.0828. The molecule has 0 aliphatic heterocycles. The Bertz CT molecular complexity index is 1540. The Hall–Kier alpha value is -5.26. The van der Waals surface area contributed by atoms with Crippen LogP contribution in [-0.4, -0.2) is 30.1 Å². The number of aromatic amines is 2. The standard InChI is InChI=1S/2C13H11N3.Cd.2NO3/c2*14-10-6-2-1-5-9(10)13-15-11-7-3-4-8-12(11)16-13;;2*2-1(3)4/h2*1-8H,14H2,(H,15,16);;;/q;;+2;2*-1. The number of nitrogens with one attached hydrogen (secondary N) is 2. The number of para-hydroxylation sites is 6. The molecule has 2 heterocycles. The summed E-state index contributed by atoms with van der Waals surface area (Å²) in [6.07, 6.45) is 0. The van der Waals surface area contributed by atoms with Crippen LogP contribution in [0.15, 0.2) is 97.1 Å². The van der Waals surface area contributed by atoms with Gasteiger partial charge in [0.25, 0.3) is 0 Å². The van der Waals surface area contributed by atoms with Crippen molar-refractivity contribution >= 4 is 33.4 Å². The van der Waals surface area contributed by atoms with E-state index in [0.717, 1.165) is 56.2 Å². The molecule has 0 aliphatic rings. The molecule has 0 saturated carbocycles. The van der Waals surface area contributed by atoms with Crippen molar-refractivity contribution in [3.05, 3.63) is 128 Å². The molecule has 0 radical (unpaired) electrons. The predicted octanol–water partition coefficient (Wildman–Crippen LogP) is 5.14. The van der Waals surface area contributed by atoms with E-state index in [-0.39, 0.29) is 27.3 Å². The van der Waals surface area contributed by atoms with Gasteiger partial charge in [0, 0.05) is 22.5 Å². The van der Waals surface area contributed by atoms with E-state index in [1.807, 2.05) is 97.1 Å². The maximum atomic E-state index is 8.25. The third-order valence-corrected chi connectivity index (χ3v) is 5.21. The van der Waals surface area contributed by atoms with Crippen LogP contribution in [-0.2, 0) is 27.3 Å². The van der Waals surface area contributed by atoms with E-state index in [9.17, 15) is 0 Å². The average Bonchev–Trinajstić information content (AvgIpc) is 3.53. The Morgan fingerprint density at radius 2 is 0.829 bits per heavy atom. The van der Waals surface area contributed by atoms with E-state index in [2.05, 4.69) is 19.9 Å². The van der Waals surface area contributed by atoms with E-state index in [4.69, 9.17) is 42.1 Å². The van der Waals surface area contributed by atoms with Crippen molar-refractivity contribution in [2.24, 2.45) is 0 Å². The first-order chi connectivity index (χ1) is 19.2. The molecule has 41 heavy (non-hydrogen) atoms. The molecule has 0 saturated heterocycles. The number of nitrogens with two attached hydrogens (primary N) is 2. The van der Waals surface area contributed by atoms with Gasteiger partial charge in [-0.1, -0.05) is 48.5 Å². The van der Waals surface area contributed by atoms with Gasteiger partial charge in [-0.25, -0.2) is 9.97 Å². The Morgan fingerprint density at radius 3 is 1.15 bits per heavy atom. The molecule has 6 N–H and O–H groups in total. The summed E-state index contributed by atoms with van der Waals surface area (Å²) in [5.74, 6) is 1.64. The average molecular weight is 655 g/mol. The molecule has 15 heteroatoms. The second-order valence-corrected chi connectivity index (χ2v) is 7.83. The minimum absolute atomic E-state index is 0. The largest absolute Gasteiger partial charge is 2.00 e. The first kappa shape index (κ1) is 32.0. The van der Waals surface area contributed by atoms with E-state index in [0.29, 0.717) is 0 Å². The number of aromatic nitrogens is 4. The minimum atomic E-state index is -1.75. The first-order valence-electron chi connectivity index (χ1n) is 11.4. The van der Waals surface area contributed by atoms with Crippen LogP contribution in [0.25, 0.3) is 44.8 Å². The SMILES string of the molecule is Nc1ccccc1-c1nc2ccccc2[nH]1.Nc1ccccc1-c1nc2ccccc2[nH]1.O=[N+]([O-])[O-].O=[N+]([O-])[O-].[Cd+2]. The van der Waals surface area contributed by atoms with Crippen LogP contribution >= 0.6 is 0 Å². The number of nitrogen functional groups attached to an aromatic ring is 2. The third-order valence-electron chi connectivity index (χ3n) is 5.21. The van der Waals surface area contributed by atoms with Crippen LogP contribution < -0.4 is 11.5 Å². The summed E-state index contributed by atoms with van der Waals surface area (Å²) in [7, 11) is 0. The maximum Gasteiger partial charge on any atom is 2.00 e. The van der Waals surface area contributed by atoms with Crippen LogP contribution in [0.2, 0.25) is 0 Å². The number of rotatable bonds is 2. The zero-order valence-electron chi connectivity index (χ0n) is 21.3. The fourth-order valence-corrected chi connectivity index (χ4v) is 3.59. The second-order valence-electron chi connectivity index (χ2n) is 7.83. The minimum Gasteiger partial charge on any atom is -0.398 e. The molecule has 0 spiro atoms. The zero-order valence-corrected chi connectivity index (χ0v) is 25.4. The van der Waals surface area contributed by atoms with Gasteiger partial charge in [-0.2, -0.15) is 0 Å². The van der Waals surface area contributed by atoms with Crippen LogP contribution in [0.4, 0.5) is 11.4 Å². The van der Waals surface area contributed by atoms with Gasteiger partial charge < -0.3 is 52.1 Å². The number of imidazole rings is 2. The van der Waals surface area contributed by atoms with Gasteiger partial charge in [0.15, 0.2) is 0 Å². The molecule has 0 aliphatic carbocycles. The molecule has 6 rings (SSSR count). The molecule has 2 aromatic heterocycles. The zero-order chi connectivity index (χ0) is 29.1. The molecular weight excluding hydrogens is 633 g/mol. The smallest absolute Gasteiger partial charge is 0.398 e. The van der Waals surface area contributed by atoms with Gasteiger partial charge in [0.2, 0.25) is 0 Å². The van der Waals surface area contributed by atoms with Gasteiger partial charge in [-0.05, 0) is 48.5 Å².